The fraction of sp³-hybridized carbons (Fsp3) is 0.407. The molecule has 1 aliphatic heterocycles. The number of hydrogen-bond donors (Lipinski definition) is 0. The third-order valence-corrected chi connectivity index (χ3v) is 6.42. The normalized spacial score (nSPS) is 13.7. The van der Waals surface area contributed by atoms with E-state index in [0.717, 1.165) is 41.4 Å². The minimum absolute atomic E-state index is 0.0113. The number of halogens is 1. The molecule has 8 heteroatoms. The van der Waals surface area contributed by atoms with Gasteiger partial charge in [0.2, 0.25) is 5.91 Å². The lowest BCUT2D eigenvalue weighted by atomic mass is 10.0. The first kappa shape index (κ1) is 24.9. The van der Waals surface area contributed by atoms with Gasteiger partial charge in [-0.15, -0.1) is 0 Å². The lowest BCUT2D eigenvalue weighted by Gasteiger charge is -2.29. The Kier molecular flexibility index (Phi) is 7.83. The predicted molar refractivity (Wildman–Crippen MR) is 132 cm³/mol. The van der Waals surface area contributed by atoms with Gasteiger partial charge in [-0.2, -0.15) is 5.10 Å². The first-order valence-corrected chi connectivity index (χ1v) is 11.9. The first-order chi connectivity index (χ1) is 16.9. The summed E-state index contributed by atoms with van der Waals surface area (Å²) in [6.07, 6.45) is 0.753. The van der Waals surface area contributed by atoms with E-state index >= 15 is 0 Å². The Hall–Kier alpha value is -3.23. The third-order valence-electron chi connectivity index (χ3n) is 6.42. The minimum atomic E-state index is -0.195. The van der Waals surface area contributed by atoms with Crippen LogP contribution in [0.4, 0.5) is 4.39 Å². The maximum absolute atomic E-state index is 14.3. The highest BCUT2D eigenvalue weighted by Gasteiger charge is 2.29. The van der Waals surface area contributed by atoms with Crippen LogP contribution in [-0.2, 0) is 35.6 Å². The molecule has 0 atom stereocenters. The van der Waals surface area contributed by atoms with Crippen molar-refractivity contribution in [3.05, 3.63) is 76.9 Å². The van der Waals surface area contributed by atoms with E-state index in [1.165, 1.54) is 13.2 Å². The van der Waals surface area contributed by atoms with Crippen molar-refractivity contribution in [2.75, 3.05) is 27.4 Å². The SMILES string of the molecule is COCC(=O)N(Cc1nn(-c2ccccc2OC)c2c1CN(Cc1ccccc1F)CC2)C(C)C. The van der Waals surface area contributed by atoms with Gasteiger partial charge in [-0.05, 0) is 32.0 Å². The van der Waals surface area contributed by atoms with Crippen LogP contribution >= 0.6 is 0 Å². The Labute approximate surface area is 206 Å². The molecule has 7 nitrogen and oxygen atoms in total. The van der Waals surface area contributed by atoms with Crippen molar-refractivity contribution in [3.8, 4) is 11.4 Å². The average molecular weight is 481 g/mol. The van der Waals surface area contributed by atoms with E-state index < -0.39 is 0 Å². The maximum atomic E-state index is 14.3. The summed E-state index contributed by atoms with van der Waals surface area (Å²) in [6, 6.07) is 14.7. The minimum Gasteiger partial charge on any atom is -0.494 e. The molecule has 1 aliphatic rings. The van der Waals surface area contributed by atoms with Crippen LogP contribution < -0.4 is 4.74 Å². The number of ether oxygens (including phenoxy) is 2. The van der Waals surface area contributed by atoms with Crippen LogP contribution in [0.3, 0.4) is 0 Å². The summed E-state index contributed by atoms with van der Waals surface area (Å²) in [5.74, 6) is 0.454. The van der Waals surface area contributed by atoms with Crippen LogP contribution in [-0.4, -0.2) is 58.9 Å². The number of rotatable bonds is 9. The van der Waals surface area contributed by atoms with Crippen LogP contribution in [0.25, 0.3) is 5.69 Å². The van der Waals surface area contributed by atoms with Gasteiger partial charge < -0.3 is 14.4 Å². The fourth-order valence-electron chi connectivity index (χ4n) is 4.60. The number of fused-ring (bicyclic) bond motifs is 1. The van der Waals surface area contributed by atoms with Crippen LogP contribution in [0.1, 0.15) is 36.4 Å². The Morgan fingerprint density at radius 1 is 1.14 bits per heavy atom. The van der Waals surface area contributed by atoms with Crippen molar-refractivity contribution in [3.63, 3.8) is 0 Å². The van der Waals surface area contributed by atoms with Crippen LogP contribution in [0, 0.1) is 5.82 Å². The highest BCUT2D eigenvalue weighted by atomic mass is 19.1. The fourth-order valence-corrected chi connectivity index (χ4v) is 4.60. The molecule has 0 bridgehead atoms. The van der Waals surface area contributed by atoms with Gasteiger partial charge in [0, 0.05) is 50.3 Å². The molecule has 0 saturated carbocycles. The molecule has 186 valence electrons. The number of carbonyl (C=O) groups is 1. The van der Waals surface area contributed by atoms with E-state index in [-0.39, 0.29) is 24.4 Å². The monoisotopic (exact) mass is 480 g/mol. The summed E-state index contributed by atoms with van der Waals surface area (Å²) in [4.78, 5) is 16.8. The number of amides is 1. The second-order valence-electron chi connectivity index (χ2n) is 9.06. The number of para-hydroxylation sites is 2. The molecule has 0 spiro atoms. The number of carbonyl (C=O) groups excluding carboxylic acids is 1. The number of nitrogens with zero attached hydrogens (tertiary/aromatic N) is 4. The zero-order valence-electron chi connectivity index (χ0n) is 20.8. The lowest BCUT2D eigenvalue weighted by Crippen LogP contribution is -2.39. The standard InChI is InChI=1S/C27H33FN4O3/c1-19(2)31(27(33)18-34-3)17-23-21-16-30(15-20-9-5-6-10-22(20)28)14-13-24(21)32(29-23)25-11-7-8-12-26(25)35-4/h5-12,19H,13-18H2,1-4H3. The van der Waals surface area contributed by atoms with Crippen molar-refractivity contribution in [1.82, 2.24) is 19.6 Å². The molecule has 4 rings (SSSR count). The molecule has 2 heterocycles. The topological polar surface area (TPSA) is 59.8 Å². The van der Waals surface area contributed by atoms with Gasteiger partial charge in [0.15, 0.2) is 0 Å². The van der Waals surface area contributed by atoms with Gasteiger partial charge in [-0.25, -0.2) is 9.07 Å². The second kappa shape index (κ2) is 11.0. The Balaban J connectivity index is 1.72. The summed E-state index contributed by atoms with van der Waals surface area (Å²) < 4.78 is 27.0. The van der Waals surface area contributed by atoms with Crippen molar-refractivity contribution < 1.29 is 18.7 Å². The van der Waals surface area contributed by atoms with E-state index in [1.54, 1.807) is 18.1 Å². The van der Waals surface area contributed by atoms with Crippen LogP contribution in [0.5, 0.6) is 5.75 Å². The van der Waals surface area contributed by atoms with Gasteiger partial charge >= 0.3 is 0 Å². The molecule has 0 radical (unpaired) electrons. The van der Waals surface area contributed by atoms with E-state index in [4.69, 9.17) is 14.6 Å². The first-order valence-electron chi connectivity index (χ1n) is 11.9. The van der Waals surface area contributed by atoms with E-state index in [2.05, 4.69) is 4.90 Å². The number of benzene rings is 2. The number of hydrogen-bond acceptors (Lipinski definition) is 5. The largest absolute Gasteiger partial charge is 0.494 e. The quantitative estimate of drug-likeness (QED) is 0.464. The smallest absolute Gasteiger partial charge is 0.249 e. The summed E-state index contributed by atoms with van der Waals surface area (Å²) >= 11 is 0. The molecule has 0 aliphatic carbocycles. The van der Waals surface area contributed by atoms with Crippen LogP contribution in [0.2, 0.25) is 0 Å². The van der Waals surface area contributed by atoms with E-state index in [1.807, 2.05) is 54.9 Å². The molecular formula is C27H33FN4O3. The lowest BCUT2D eigenvalue weighted by molar-refractivity contribution is -0.137. The summed E-state index contributed by atoms with van der Waals surface area (Å²) in [5.41, 5.74) is 4.54. The van der Waals surface area contributed by atoms with Gasteiger partial charge in [0.1, 0.15) is 23.9 Å². The molecule has 1 amide bonds. The molecule has 0 saturated heterocycles. The summed E-state index contributed by atoms with van der Waals surface area (Å²) in [5, 5.41) is 5.00. The molecule has 35 heavy (non-hydrogen) atoms. The molecule has 1 aromatic heterocycles. The van der Waals surface area contributed by atoms with E-state index in [0.29, 0.717) is 25.2 Å². The molecule has 2 aromatic carbocycles. The highest BCUT2D eigenvalue weighted by molar-refractivity contribution is 5.77. The van der Waals surface area contributed by atoms with Gasteiger partial charge in [-0.3, -0.25) is 9.69 Å². The van der Waals surface area contributed by atoms with Crippen molar-refractivity contribution in [1.29, 1.82) is 0 Å². The maximum Gasteiger partial charge on any atom is 0.249 e. The third kappa shape index (κ3) is 5.39. The molecule has 0 fully saturated rings. The average Bonchev–Trinajstić information content (AvgIpc) is 3.21. The number of methoxy groups -OCH3 is 2. The Morgan fingerprint density at radius 3 is 2.60 bits per heavy atom. The zero-order valence-corrected chi connectivity index (χ0v) is 20.8. The Morgan fingerprint density at radius 2 is 1.89 bits per heavy atom. The molecular weight excluding hydrogens is 447 g/mol. The zero-order chi connectivity index (χ0) is 24.9. The molecule has 0 N–H and O–H groups in total. The second-order valence-corrected chi connectivity index (χ2v) is 9.06. The van der Waals surface area contributed by atoms with E-state index in [9.17, 15) is 9.18 Å². The summed E-state index contributed by atoms with van der Waals surface area (Å²) in [6.45, 7) is 6.28. The van der Waals surface area contributed by atoms with Gasteiger partial charge in [-0.1, -0.05) is 30.3 Å². The van der Waals surface area contributed by atoms with Crippen molar-refractivity contribution in [2.24, 2.45) is 0 Å². The molecule has 0 unspecified atom stereocenters. The van der Waals surface area contributed by atoms with Crippen molar-refractivity contribution in [2.45, 2.75) is 45.9 Å². The van der Waals surface area contributed by atoms with Crippen molar-refractivity contribution >= 4 is 5.91 Å². The Bertz CT molecular complexity index is 1180. The molecule has 3 aromatic rings. The number of aromatic nitrogens is 2. The van der Waals surface area contributed by atoms with Crippen LogP contribution in [0.15, 0.2) is 48.5 Å². The highest BCUT2D eigenvalue weighted by Crippen LogP contribution is 2.31. The van der Waals surface area contributed by atoms with Gasteiger partial charge in [0.25, 0.3) is 0 Å². The van der Waals surface area contributed by atoms with Gasteiger partial charge in [0.05, 0.1) is 25.0 Å². The summed E-state index contributed by atoms with van der Waals surface area (Å²) in [7, 11) is 3.17. The predicted octanol–water partition coefficient (Wildman–Crippen LogP) is 3.96.